The van der Waals surface area contributed by atoms with Gasteiger partial charge in [-0.25, -0.2) is 4.39 Å². The van der Waals surface area contributed by atoms with E-state index in [-0.39, 0.29) is 5.82 Å². The molecule has 1 aliphatic rings. The van der Waals surface area contributed by atoms with Crippen molar-refractivity contribution in [3.05, 3.63) is 30.1 Å². The quantitative estimate of drug-likeness (QED) is 0.841. The molecule has 2 unspecified atom stereocenters. The van der Waals surface area contributed by atoms with Crippen LogP contribution in [-0.2, 0) is 0 Å². The minimum Gasteiger partial charge on any atom is -0.366 e. The smallest absolute Gasteiger partial charge is 0.123 e. The lowest BCUT2D eigenvalue weighted by molar-refractivity contribution is 0.197. The minimum atomic E-state index is -0.189. The molecule has 0 amide bonds. The van der Waals surface area contributed by atoms with Gasteiger partial charge in [-0.2, -0.15) is 0 Å². The van der Waals surface area contributed by atoms with E-state index >= 15 is 0 Å². The summed E-state index contributed by atoms with van der Waals surface area (Å²) in [6.45, 7) is 4.73. The van der Waals surface area contributed by atoms with E-state index in [4.69, 9.17) is 5.73 Å². The highest BCUT2D eigenvalue weighted by Gasteiger charge is 2.28. The molecule has 0 aromatic heterocycles. The molecule has 2 atom stereocenters. The molecule has 1 saturated heterocycles. The zero-order chi connectivity index (χ0) is 12.4. The van der Waals surface area contributed by atoms with Gasteiger partial charge in [0.25, 0.3) is 0 Å². The van der Waals surface area contributed by atoms with Crippen LogP contribution in [0, 0.1) is 5.82 Å². The summed E-state index contributed by atoms with van der Waals surface area (Å²) in [4.78, 5) is 4.60. The first kappa shape index (κ1) is 12.3. The summed E-state index contributed by atoms with van der Waals surface area (Å²) < 4.78 is 12.9. The van der Waals surface area contributed by atoms with Gasteiger partial charge in [-0.15, -0.1) is 0 Å². The zero-order valence-corrected chi connectivity index (χ0v) is 10.4. The molecule has 3 nitrogen and oxygen atoms in total. The second-order valence-corrected chi connectivity index (χ2v) is 4.81. The summed E-state index contributed by atoms with van der Waals surface area (Å²) in [5, 5.41) is 0. The van der Waals surface area contributed by atoms with Crippen molar-refractivity contribution in [2.45, 2.75) is 19.0 Å². The normalized spacial score (nSPS) is 26.2. The molecule has 0 saturated carbocycles. The number of likely N-dealkylation sites (N-methyl/N-ethyl adjacent to an activating group) is 1. The van der Waals surface area contributed by atoms with E-state index in [1.165, 1.54) is 12.1 Å². The van der Waals surface area contributed by atoms with E-state index in [1.54, 1.807) is 0 Å². The maximum Gasteiger partial charge on any atom is 0.123 e. The number of hydrogen-bond donors (Lipinski definition) is 1. The van der Waals surface area contributed by atoms with Crippen LogP contribution in [0.25, 0.3) is 0 Å². The standard InChI is InChI=1S/C13H20FN3/c1-10-8-16(2)13(7-15)9-17(10)12-5-3-11(14)4-6-12/h3-6,10,13H,7-9,15H2,1-2H3. The predicted octanol–water partition coefficient (Wildman–Crippen LogP) is 1.29. The number of nitrogens with two attached hydrogens (primary N) is 1. The Morgan fingerprint density at radius 1 is 1.29 bits per heavy atom. The molecule has 2 N–H and O–H groups in total. The number of rotatable bonds is 2. The van der Waals surface area contributed by atoms with Crippen LogP contribution in [0.4, 0.5) is 10.1 Å². The molecule has 1 aromatic rings. The second kappa shape index (κ2) is 5.02. The number of nitrogens with zero attached hydrogens (tertiary/aromatic N) is 2. The van der Waals surface area contributed by atoms with E-state index in [1.807, 2.05) is 12.1 Å². The van der Waals surface area contributed by atoms with Crippen LogP contribution in [-0.4, -0.2) is 43.7 Å². The fourth-order valence-electron chi connectivity index (χ4n) is 2.46. The molecule has 1 aliphatic heterocycles. The van der Waals surface area contributed by atoms with Gasteiger partial charge in [0.1, 0.15) is 5.82 Å². The summed E-state index contributed by atoms with van der Waals surface area (Å²) >= 11 is 0. The molecule has 0 spiro atoms. The third-order valence-corrected chi connectivity index (χ3v) is 3.55. The molecule has 17 heavy (non-hydrogen) atoms. The number of anilines is 1. The zero-order valence-electron chi connectivity index (χ0n) is 10.4. The average Bonchev–Trinajstić information content (AvgIpc) is 2.31. The van der Waals surface area contributed by atoms with Crippen LogP contribution in [0.15, 0.2) is 24.3 Å². The Kier molecular flexibility index (Phi) is 3.64. The van der Waals surface area contributed by atoms with Gasteiger partial charge >= 0.3 is 0 Å². The van der Waals surface area contributed by atoms with Crippen molar-refractivity contribution in [1.29, 1.82) is 0 Å². The van der Waals surface area contributed by atoms with Crippen LogP contribution in [0.1, 0.15) is 6.92 Å². The fraction of sp³-hybridized carbons (Fsp3) is 0.538. The lowest BCUT2D eigenvalue weighted by Gasteiger charge is -2.44. The summed E-state index contributed by atoms with van der Waals surface area (Å²) in [7, 11) is 2.11. The first-order chi connectivity index (χ1) is 8.11. The number of hydrogen-bond acceptors (Lipinski definition) is 3. The van der Waals surface area contributed by atoms with Gasteiger partial charge < -0.3 is 10.6 Å². The molecule has 4 heteroatoms. The highest BCUT2D eigenvalue weighted by Crippen LogP contribution is 2.22. The highest BCUT2D eigenvalue weighted by molar-refractivity contribution is 5.48. The van der Waals surface area contributed by atoms with Gasteiger partial charge in [0.2, 0.25) is 0 Å². The number of piperazine rings is 1. The highest BCUT2D eigenvalue weighted by atomic mass is 19.1. The molecule has 94 valence electrons. The van der Waals surface area contributed by atoms with Gasteiger partial charge in [0.15, 0.2) is 0 Å². The van der Waals surface area contributed by atoms with Crippen molar-refractivity contribution >= 4 is 5.69 Å². The lowest BCUT2D eigenvalue weighted by atomic mass is 10.1. The van der Waals surface area contributed by atoms with Gasteiger partial charge in [0, 0.05) is 37.4 Å². The van der Waals surface area contributed by atoms with Crippen LogP contribution >= 0.6 is 0 Å². The average molecular weight is 237 g/mol. The number of benzene rings is 1. The van der Waals surface area contributed by atoms with E-state index in [9.17, 15) is 4.39 Å². The summed E-state index contributed by atoms with van der Waals surface area (Å²) in [6.07, 6.45) is 0. The SMILES string of the molecule is CC1CN(C)C(CN)CN1c1ccc(F)cc1. The van der Waals surface area contributed by atoms with Gasteiger partial charge in [-0.3, -0.25) is 4.90 Å². The first-order valence-electron chi connectivity index (χ1n) is 6.04. The van der Waals surface area contributed by atoms with Crippen LogP contribution < -0.4 is 10.6 Å². The van der Waals surface area contributed by atoms with E-state index in [2.05, 4.69) is 23.8 Å². The van der Waals surface area contributed by atoms with Gasteiger partial charge in [-0.05, 0) is 38.2 Å². The van der Waals surface area contributed by atoms with Gasteiger partial charge in [-0.1, -0.05) is 0 Å². The Balaban J connectivity index is 2.17. The van der Waals surface area contributed by atoms with E-state index in [0.29, 0.717) is 18.6 Å². The maximum absolute atomic E-state index is 12.9. The van der Waals surface area contributed by atoms with Crippen LogP contribution in [0.3, 0.4) is 0 Å². The van der Waals surface area contributed by atoms with Crippen molar-refractivity contribution in [3.63, 3.8) is 0 Å². The summed E-state index contributed by atoms with van der Waals surface area (Å²) in [6, 6.07) is 7.50. The Hall–Kier alpha value is -1.13. The third-order valence-electron chi connectivity index (χ3n) is 3.55. The molecule has 0 radical (unpaired) electrons. The topological polar surface area (TPSA) is 32.5 Å². The number of halogens is 1. The lowest BCUT2D eigenvalue weighted by Crippen LogP contribution is -2.58. The molecule has 1 aromatic carbocycles. The van der Waals surface area contributed by atoms with Crippen molar-refractivity contribution in [2.75, 3.05) is 31.6 Å². The van der Waals surface area contributed by atoms with Crippen molar-refractivity contribution in [3.8, 4) is 0 Å². The molecule has 1 heterocycles. The van der Waals surface area contributed by atoms with E-state index < -0.39 is 0 Å². The predicted molar refractivity (Wildman–Crippen MR) is 68.7 cm³/mol. The Bertz CT molecular complexity index is 365. The summed E-state index contributed by atoms with van der Waals surface area (Å²) in [5.41, 5.74) is 6.85. The molecule has 0 aliphatic carbocycles. The maximum atomic E-state index is 12.9. The Morgan fingerprint density at radius 2 is 1.94 bits per heavy atom. The molecule has 1 fully saturated rings. The first-order valence-corrected chi connectivity index (χ1v) is 6.04. The molecule has 0 bridgehead atoms. The third kappa shape index (κ3) is 2.58. The minimum absolute atomic E-state index is 0.189. The fourth-order valence-corrected chi connectivity index (χ4v) is 2.46. The summed E-state index contributed by atoms with van der Waals surface area (Å²) in [5.74, 6) is -0.189. The molecular weight excluding hydrogens is 217 g/mol. The van der Waals surface area contributed by atoms with E-state index in [0.717, 1.165) is 18.8 Å². The monoisotopic (exact) mass is 237 g/mol. The van der Waals surface area contributed by atoms with Crippen molar-refractivity contribution < 1.29 is 4.39 Å². The Labute approximate surface area is 102 Å². The van der Waals surface area contributed by atoms with Crippen LogP contribution in [0.2, 0.25) is 0 Å². The molecular formula is C13H20FN3. The second-order valence-electron chi connectivity index (χ2n) is 4.81. The van der Waals surface area contributed by atoms with Crippen molar-refractivity contribution in [1.82, 2.24) is 4.90 Å². The van der Waals surface area contributed by atoms with Gasteiger partial charge in [0.05, 0.1) is 0 Å². The van der Waals surface area contributed by atoms with Crippen LogP contribution in [0.5, 0.6) is 0 Å². The Morgan fingerprint density at radius 3 is 2.53 bits per heavy atom. The molecule has 2 rings (SSSR count). The largest absolute Gasteiger partial charge is 0.366 e. The van der Waals surface area contributed by atoms with Crippen molar-refractivity contribution in [2.24, 2.45) is 5.73 Å².